The molecule has 4 nitrogen and oxygen atoms in total. The first-order chi connectivity index (χ1) is 15.4. The predicted octanol–water partition coefficient (Wildman–Crippen LogP) is 0.801. The Morgan fingerprint density at radius 1 is 0.562 bits per heavy atom. The Morgan fingerprint density at radius 3 is 1.34 bits per heavy atom. The van der Waals surface area contributed by atoms with Gasteiger partial charge in [-0.15, -0.1) is 0 Å². The second kappa shape index (κ2) is 9.73. The molecule has 0 heterocycles. The first-order valence-electron chi connectivity index (χ1n) is 9.76. The van der Waals surface area contributed by atoms with Crippen molar-refractivity contribution in [3.8, 4) is 22.6 Å². The summed E-state index contributed by atoms with van der Waals surface area (Å²) in [6.07, 6.45) is 0. The average molecular weight is 483 g/mol. The number of ether oxygens (including phenoxy) is 4. The van der Waals surface area contributed by atoms with E-state index in [1.54, 1.807) is 14.2 Å². The zero-order valence-corrected chi connectivity index (χ0v) is 21.7. The Bertz CT molecular complexity index is 1210. The van der Waals surface area contributed by atoms with Gasteiger partial charge in [-0.3, -0.25) is 0 Å². The number of benzene rings is 4. The smallest absolute Gasteiger partial charge is 0.188 e. The Labute approximate surface area is 200 Å². The summed E-state index contributed by atoms with van der Waals surface area (Å²) >= 11 is 0. The van der Waals surface area contributed by atoms with E-state index in [2.05, 4.69) is 65.2 Å². The van der Waals surface area contributed by atoms with Crippen LogP contribution in [0.4, 0.5) is 0 Å². The Hall–Kier alpha value is -2.21. The summed E-state index contributed by atoms with van der Waals surface area (Å²) in [5.41, 5.74) is 1.82. The third-order valence-corrected chi connectivity index (χ3v) is 6.57. The minimum Gasteiger partial charge on any atom is -0.467 e. The molecular weight excluding hydrogens is 465 g/mol. The van der Waals surface area contributed by atoms with E-state index >= 15 is 0 Å². The minimum absolute atomic E-state index is 0.119. The second-order valence-corrected chi connectivity index (χ2v) is 9.45. The summed E-state index contributed by atoms with van der Waals surface area (Å²) in [5, 5.41) is 7.90. The van der Waals surface area contributed by atoms with Crippen LogP contribution in [0, 0.1) is 0 Å². The lowest BCUT2D eigenvalue weighted by Crippen LogP contribution is -2.14. The van der Waals surface area contributed by atoms with Gasteiger partial charge in [-0.1, -0.05) is 57.1 Å². The molecule has 0 bridgehead atoms. The van der Waals surface area contributed by atoms with E-state index in [0.29, 0.717) is 11.5 Å². The van der Waals surface area contributed by atoms with Crippen LogP contribution in [-0.2, 0) is 9.47 Å². The molecule has 0 amide bonds. The summed E-state index contributed by atoms with van der Waals surface area (Å²) in [7, 11) is 18.0. The van der Waals surface area contributed by atoms with E-state index in [0.717, 1.165) is 53.4 Å². The van der Waals surface area contributed by atoms with Crippen molar-refractivity contribution < 1.29 is 18.9 Å². The fourth-order valence-electron chi connectivity index (χ4n) is 3.79. The van der Waals surface area contributed by atoms with Crippen LogP contribution in [0.25, 0.3) is 32.7 Å². The maximum absolute atomic E-state index is 6.05. The maximum atomic E-state index is 6.05. The van der Waals surface area contributed by atoms with E-state index in [-0.39, 0.29) is 13.6 Å². The topological polar surface area (TPSA) is 36.9 Å². The maximum Gasteiger partial charge on any atom is 0.188 e. The molecule has 0 aromatic heterocycles. The van der Waals surface area contributed by atoms with Crippen LogP contribution in [0.2, 0.25) is 0 Å². The third kappa shape index (κ3) is 4.34. The van der Waals surface area contributed by atoms with Crippen LogP contribution < -0.4 is 30.2 Å². The highest BCUT2D eigenvalue weighted by molar-refractivity contribution is 6.43. The van der Waals surface area contributed by atoms with Gasteiger partial charge in [-0.05, 0) is 33.7 Å². The monoisotopic (exact) mass is 482 g/mol. The number of fused-ring (bicyclic) bond motifs is 2. The molecule has 0 N–H and O–H groups in total. The Morgan fingerprint density at radius 2 is 0.969 bits per heavy atom. The quantitative estimate of drug-likeness (QED) is 0.289. The molecule has 0 saturated carbocycles. The fraction of sp³-hybridized carbons (Fsp3) is 0.167. The lowest BCUT2D eigenvalue weighted by Gasteiger charge is -2.21. The van der Waals surface area contributed by atoms with Crippen molar-refractivity contribution in [2.75, 3.05) is 27.8 Å². The molecule has 0 aliphatic heterocycles. The summed E-state index contributed by atoms with van der Waals surface area (Å²) in [6, 6.07) is 16.2. The van der Waals surface area contributed by atoms with Gasteiger partial charge in [0.25, 0.3) is 0 Å². The molecule has 12 radical (unpaired) electrons. The van der Waals surface area contributed by atoms with Crippen LogP contribution in [0.3, 0.4) is 0 Å². The molecule has 32 heavy (non-hydrogen) atoms. The Balaban J connectivity index is 2.16. The van der Waals surface area contributed by atoms with Gasteiger partial charge in [0.15, 0.2) is 13.6 Å². The number of hydrogen-bond donors (Lipinski definition) is 0. The van der Waals surface area contributed by atoms with Crippen LogP contribution in [0.15, 0.2) is 48.5 Å². The van der Waals surface area contributed by atoms with E-state index in [1.807, 2.05) is 24.3 Å². The zero-order chi connectivity index (χ0) is 22.8. The van der Waals surface area contributed by atoms with E-state index < -0.39 is 0 Å². The number of methoxy groups -OCH3 is 2. The summed E-state index contributed by atoms with van der Waals surface area (Å²) < 4.78 is 22.5. The second-order valence-electron chi connectivity index (χ2n) is 7.22. The van der Waals surface area contributed by atoms with Gasteiger partial charge < -0.3 is 18.9 Å². The Kier molecular flexibility index (Phi) is 6.98. The standard InChI is InChI=1S/C24H18O4Si4/c1-25-11-27-19-9-21(31)17-7-13(29)3-5-15(17)23(19)24-16-6-4-14(30)8-18(16)22(32)10-20(24)28-12-26-2/h3-10H,11-12H2,1-2H3. The summed E-state index contributed by atoms with van der Waals surface area (Å²) in [6.45, 7) is 0.238. The van der Waals surface area contributed by atoms with Gasteiger partial charge in [-0.2, -0.15) is 0 Å². The van der Waals surface area contributed by atoms with E-state index in [1.165, 1.54) is 0 Å². The van der Waals surface area contributed by atoms with Gasteiger partial charge in [0.2, 0.25) is 0 Å². The van der Waals surface area contributed by atoms with Gasteiger partial charge in [0.05, 0.1) is 41.0 Å². The molecule has 4 aromatic carbocycles. The molecule has 4 aromatic rings. The molecule has 0 aliphatic rings. The first kappa shape index (κ1) is 23.0. The van der Waals surface area contributed by atoms with E-state index in [9.17, 15) is 0 Å². The molecule has 0 unspecified atom stereocenters. The van der Waals surface area contributed by atoms with Gasteiger partial charge in [0.1, 0.15) is 11.5 Å². The first-order valence-corrected chi connectivity index (χ1v) is 11.8. The zero-order valence-electron chi connectivity index (χ0n) is 17.7. The summed E-state index contributed by atoms with van der Waals surface area (Å²) in [5.74, 6) is 1.36. The van der Waals surface area contributed by atoms with Crippen molar-refractivity contribution in [2.45, 2.75) is 0 Å². The average Bonchev–Trinajstić information content (AvgIpc) is 2.77. The van der Waals surface area contributed by atoms with Crippen molar-refractivity contribution >= 4 is 83.3 Å². The molecule has 0 spiro atoms. The minimum atomic E-state index is 0.119. The fourth-order valence-corrected chi connectivity index (χ4v) is 4.92. The highest BCUT2D eigenvalue weighted by Gasteiger charge is 2.21. The molecule has 0 saturated heterocycles. The lowest BCUT2D eigenvalue weighted by molar-refractivity contribution is 0.0502. The van der Waals surface area contributed by atoms with Crippen LogP contribution in [0.5, 0.6) is 11.5 Å². The SMILES string of the molecule is COCOc1cc([Si])c2cc([Si])ccc2c1-c1c(OCOC)cc([Si])c2cc([Si])ccc12. The largest absolute Gasteiger partial charge is 0.467 e. The van der Waals surface area contributed by atoms with Gasteiger partial charge >= 0.3 is 0 Å². The highest BCUT2D eigenvalue weighted by Crippen LogP contribution is 2.44. The highest BCUT2D eigenvalue weighted by atomic mass is 28.2. The van der Waals surface area contributed by atoms with Crippen molar-refractivity contribution in [1.29, 1.82) is 0 Å². The number of hydrogen-bond acceptors (Lipinski definition) is 4. The van der Waals surface area contributed by atoms with Crippen molar-refractivity contribution in [3.63, 3.8) is 0 Å². The van der Waals surface area contributed by atoms with Crippen LogP contribution >= 0.6 is 0 Å². The van der Waals surface area contributed by atoms with Crippen LogP contribution in [-0.4, -0.2) is 68.8 Å². The molecule has 154 valence electrons. The molecule has 0 fully saturated rings. The number of rotatable bonds is 7. The molecule has 0 atom stereocenters. The third-order valence-electron chi connectivity index (χ3n) is 5.12. The lowest BCUT2D eigenvalue weighted by atomic mass is 9.92. The van der Waals surface area contributed by atoms with Crippen molar-refractivity contribution in [2.24, 2.45) is 0 Å². The molecule has 8 heteroatoms. The van der Waals surface area contributed by atoms with Crippen LogP contribution in [0.1, 0.15) is 0 Å². The van der Waals surface area contributed by atoms with Crippen molar-refractivity contribution in [3.05, 3.63) is 48.5 Å². The molecule has 0 aliphatic carbocycles. The molecular formula is C24H18O4Si4. The predicted molar refractivity (Wildman–Crippen MR) is 133 cm³/mol. The van der Waals surface area contributed by atoms with Gasteiger partial charge in [0, 0.05) is 25.3 Å². The van der Waals surface area contributed by atoms with E-state index in [4.69, 9.17) is 18.9 Å². The summed E-state index contributed by atoms with van der Waals surface area (Å²) in [4.78, 5) is 0. The molecule has 4 rings (SSSR count). The normalized spacial score (nSPS) is 11.3. The van der Waals surface area contributed by atoms with Gasteiger partial charge in [-0.25, -0.2) is 0 Å². The van der Waals surface area contributed by atoms with Crippen molar-refractivity contribution in [1.82, 2.24) is 0 Å².